The number of nitrogens with one attached hydrogen (secondary N) is 1. The Kier molecular flexibility index (Phi) is 5.93. The monoisotopic (exact) mass is 216 g/mol. The first-order valence-electron chi connectivity index (χ1n) is 5.22. The van der Waals surface area contributed by atoms with Gasteiger partial charge in [-0.15, -0.1) is 0 Å². The van der Waals surface area contributed by atoms with Gasteiger partial charge in [0.05, 0.1) is 6.04 Å². The third-order valence-electron chi connectivity index (χ3n) is 2.55. The molecule has 1 unspecified atom stereocenters. The molecule has 5 heteroatoms. The lowest BCUT2D eigenvalue weighted by atomic mass is 9.99. The van der Waals surface area contributed by atoms with Crippen LogP contribution >= 0.6 is 0 Å². The van der Waals surface area contributed by atoms with Crippen molar-refractivity contribution < 1.29 is 14.7 Å². The number of hydrogen-bond acceptors (Lipinski definition) is 3. The smallest absolute Gasteiger partial charge is 0.326 e. The summed E-state index contributed by atoms with van der Waals surface area (Å²) in [7, 11) is 0. The van der Waals surface area contributed by atoms with E-state index in [0.29, 0.717) is 12.8 Å². The molecule has 0 aromatic heterocycles. The number of carbonyl (C=O) groups excluding carboxylic acids is 1. The molecule has 1 amide bonds. The molecule has 15 heavy (non-hydrogen) atoms. The molecule has 0 radical (unpaired) electrons. The SMILES string of the molecule is CCC(C)[C@H](NC(=O)[C@H](N)CC)C(=O)O. The quantitative estimate of drug-likeness (QED) is 0.597. The zero-order valence-electron chi connectivity index (χ0n) is 9.49. The van der Waals surface area contributed by atoms with Crippen molar-refractivity contribution in [1.82, 2.24) is 5.32 Å². The van der Waals surface area contributed by atoms with Gasteiger partial charge in [0.2, 0.25) is 5.91 Å². The fraction of sp³-hybridized carbons (Fsp3) is 0.800. The summed E-state index contributed by atoms with van der Waals surface area (Å²) >= 11 is 0. The second-order valence-electron chi connectivity index (χ2n) is 3.72. The average molecular weight is 216 g/mol. The second kappa shape index (κ2) is 6.40. The Labute approximate surface area is 90.0 Å². The van der Waals surface area contributed by atoms with E-state index >= 15 is 0 Å². The highest BCUT2D eigenvalue weighted by atomic mass is 16.4. The van der Waals surface area contributed by atoms with Crippen LogP contribution in [-0.4, -0.2) is 29.1 Å². The van der Waals surface area contributed by atoms with E-state index < -0.39 is 24.0 Å². The molecular weight excluding hydrogens is 196 g/mol. The van der Waals surface area contributed by atoms with Gasteiger partial charge in [-0.05, 0) is 12.3 Å². The molecule has 0 saturated carbocycles. The molecule has 0 heterocycles. The van der Waals surface area contributed by atoms with Crippen molar-refractivity contribution in [2.75, 3.05) is 0 Å². The van der Waals surface area contributed by atoms with E-state index in [0.717, 1.165) is 0 Å². The molecule has 0 aliphatic carbocycles. The standard InChI is InChI=1S/C10H20N2O3/c1-4-6(3)8(10(14)15)12-9(13)7(11)5-2/h6-8H,4-5,11H2,1-3H3,(H,12,13)(H,14,15)/t6?,7-,8+/m1/s1. The van der Waals surface area contributed by atoms with E-state index in [4.69, 9.17) is 10.8 Å². The third-order valence-corrected chi connectivity index (χ3v) is 2.55. The van der Waals surface area contributed by atoms with Crippen LogP contribution in [0.3, 0.4) is 0 Å². The molecule has 0 aromatic rings. The number of amides is 1. The van der Waals surface area contributed by atoms with Crippen molar-refractivity contribution in [3.05, 3.63) is 0 Å². The van der Waals surface area contributed by atoms with Crippen LogP contribution in [0, 0.1) is 5.92 Å². The first-order chi connectivity index (χ1) is 6.93. The lowest BCUT2D eigenvalue weighted by molar-refractivity contribution is -0.143. The summed E-state index contributed by atoms with van der Waals surface area (Å²) in [6.45, 7) is 5.45. The molecule has 3 atom stereocenters. The van der Waals surface area contributed by atoms with E-state index in [1.807, 2.05) is 6.92 Å². The highest BCUT2D eigenvalue weighted by molar-refractivity contribution is 5.86. The summed E-state index contributed by atoms with van der Waals surface area (Å²) in [5.41, 5.74) is 5.50. The third kappa shape index (κ3) is 4.29. The van der Waals surface area contributed by atoms with Crippen molar-refractivity contribution in [2.24, 2.45) is 11.7 Å². The number of nitrogens with two attached hydrogens (primary N) is 1. The summed E-state index contributed by atoms with van der Waals surface area (Å²) in [6.07, 6.45) is 1.19. The molecule has 5 nitrogen and oxygen atoms in total. The fourth-order valence-corrected chi connectivity index (χ4v) is 1.13. The topological polar surface area (TPSA) is 92.4 Å². The molecule has 4 N–H and O–H groups in total. The van der Waals surface area contributed by atoms with Crippen LogP contribution in [0.2, 0.25) is 0 Å². The van der Waals surface area contributed by atoms with Gasteiger partial charge in [-0.25, -0.2) is 4.79 Å². The Hall–Kier alpha value is -1.10. The normalized spacial score (nSPS) is 16.5. The van der Waals surface area contributed by atoms with Crippen molar-refractivity contribution in [1.29, 1.82) is 0 Å². The Bertz CT molecular complexity index is 231. The summed E-state index contributed by atoms with van der Waals surface area (Å²) in [4.78, 5) is 22.3. The van der Waals surface area contributed by atoms with E-state index in [1.165, 1.54) is 0 Å². The van der Waals surface area contributed by atoms with E-state index in [2.05, 4.69) is 5.32 Å². The molecule has 0 bridgehead atoms. The van der Waals surface area contributed by atoms with Gasteiger partial charge in [0, 0.05) is 0 Å². The van der Waals surface area contributed by atoms with E-state index in [1.54, 1.807) is 13.8 Å². The van der Waals surface area contributed by atoms with Gasteiger partial charge in [-0.2, -0.15) is 0 Å². The largest absolute Gasteiger partial charge is 0.480 e. The summed E-state index contributed by atoms with van der Waals surface area (Å²) in [5, 5.41) is 11.4. The summed E-state index contributed by atoms with van der Waals surface area (Å²) in [5.74, 6) is -1.51. The zero-order chi connectivity index (χ0) is 12.0. The highest BCUT2D eigenvalue weighted by Gasteiger charge is 2.26. The summed E-state index contributed by atoms with van der Waals surface area (Å²) < 4.78 is 0. The molecule has 0 fully saturated rings. The van der Waals surface area contributed by atoms with Gasteiger partial charge in [-0.3, -0.25) is 4.79 Å². The van der Waals surface area contributed by atoms with Gasteiger partial charge in [-0.1, -0.05) is 27.2 Å². The zero-order valence-corrected chi connectivity index (χ0v) is 9.49. The minimum absolute atomic E-state index is 0.101. The van der Waals surface area contributed by atoms with Crippen molar-refractivity contribution >= 4 is 11.9 Å². The maximum absolute atomic E-state index is 11.4. The summed E-state index contributed by atoms with van der Waals surface area (Å²) in [6, 6.07) is -1.48. The fourth-order valence-electron chi connectivity index (χ4n) is 1.13. The number of aliphatic carboxylic acids is 1. The van der Waals surface area contributed by atoms with Gasteiger partial charge in [0.25, 0.3) is 0 Å². The highest BCUT2D eigenvalue weighted by Crippen LogP contribution is 2.08. The Morgan fingerprint density at radius 3 is 2.20 bits per heavy atom. The Morgan fingerprint density at radius 2 is 1.87 bits per heavy atom. The minimum Gasteiger partial charge on any atom is -0.480 e. The molecular formula is C10H20N2O3. The van der Waals surface area contributed by atoms with Crippen LogP contribution in [0.25, 0.3) is 0 Å². The van der Waals surface area contributed by atoms with Crippen LogP contribution in [0.1, 0.15) is 33.6 Å². The molecule has 0 spiro atoms. The lowest BCUT2D eigenvalue weighted by Gasteiger charge is -2.21. The van der Waals surface area contributed by atoms with Crippen LogP contribution in [0.4, 0.5) is 0 Å². The first kappa shape index (κ1) is 13.9. The second-order valence-corrected chi connectivity index (χ2v) is 3.72. The molecule has 0 aliphatic heterocycles. The molecule has 0 saturated heterocycles. The van der Waals surface area contributed by atoms with Crippen LogP contribution in [0.5, 0.6) is 0 Å². The Morgan fingerprint density at radius 1 is 1.33 bits per heavy atom. The number of rotatable bonds is 6. The lowest BCUT2D eigenvalue weighted by Crippen LogP contribution is -2.50. The first-order valence-corrected chi connectivity index (χ1v) is 5.22. The Balaban J connectivity index is 4.42. The van der Waals surface area contributed by atoms with E-state index in [-0.39, 0.29) is 5.92 Å². The number of hydrogen-bond donors (Lipinski definition) is 3. The number of carbonyl (C=O) groups is 2. The number of carboxylic acid groups (broad SMARTS) is 1. The molecule has 0 rings (SSSR count). The van der Waals surface area contributed by atoms with Gasteiger partial charge in [0.15, 0.2) is 0 Å². The minimum atomic E-state index is -1.01. The van der Waals surface area contributed by atoms with Gasteiger partial charge >= 0.3 is 5.97 Å². The van der Waals surface area contributed by atoms with Gasteiger partial charge in [0.1, 0.15) is 6.04 Å². The molecule has 0 aliphatic rings. The van der Waals surface area contributed by atoms with Crippen LogP contribution in [-0.2, 0) is 9.59 Å². The predicted molar refractivity (Wildman–Crippen MR) is 57.3 cm³/mol. The number of carboxylic acids is 1. The van der Waals surface area contributed by atoms with E-state index in [9.17, 15) is 9.59 Å². The van der Waals surface area contributed by atoms with Crippen molar-refractivity contribution in [3.8, 4) is 0 Å². The maximum atomic E-state index is 11.4. The molecule has 88 valence electrons. The average Bonchev–Trinajstić information content (AvgIpc) is 2.22. The van der Waals surface area contributed by atoms with Gasteiger partial charge < -0.3 is 16.2 Å². The van der Waals surface area contributed by atoms with Crippen molar-refractivity contribution in [3.63, 3.8) is 0 Å². The van der Waals surface area contributed by atoms with Crippen LogP contribution < -0.4 is 11.1 Å². The van der Waals surface area contributed by atoms with Crippen LogP contribution in [0.15, 0.2) is 0 Å². The molecule has 0 aromatic carbocycles. The maximum Gasteiger partial charge on any atom is 0.326 e. The van der Waals surface area contributed by atoms with Crippen molar-refractivity contribution in [2.45, 2.75) is 45.7 Å². The predicted octanol–water partition coefficient (Wildman–Crippen LogP) is 0.339.